The van der Waals surface area contributed by atoms with Gasteiger partial charge in [-0.15, -0.1) is 23.7 Å². The highest BCUT2D eigenvalue weighted by atomic mass is 35.5. The molecular weight excluding hydrogens is 242 g/mol. The van der Waals surface area contributed by atoms with Crippen LogP contribution in [0.25, 0.3) is 21.7 Å². The van der Waals surface area contributed by atoms with E-state index in [9.17, 15) is 0 Å². The number of halogens is 1. The molecule has 3 aromatic rings. The Hall–Kier alpha value is -1.52. The maximum Gasteiger partial charge on any atom is 0.171 e. The van der Waals surface area contributed by atoms with Crippen LogP contribution in [0.4, 0.5) is 0 Å². The first-order valence-corrected chi connectivity index (χ1v) is 5.43. The van der Waals surface area contributed by atoms with Crippen molar-refractivity contribution < 1.29 is 0 Å². The molecule has 3 heterocycles. The van der Waals surface area contributed by atoms with Crippen molar-refractivity contribution in [1.29, 1.82) is 0 Å². The maximum absolute atomic E-state index is 4.41. The molecule has 5 heteroatoms. The molecule has 16 heavy (non-hydrogen) atoms. The van der Waals surface area contributed by atoms with Crippen molar-refractivity contribution >= 4 is 34.8 Å². The van der Waals surface area contributed by atoms with Gasteiger partial charge in [0.05, 0.1) is 4.88 Å². The summed E-state index contributed by atoms with van der Waals surface area (Å²) in [7, 11) is 0. The van der Waals surface area contributed by atoms with Gasteiger partial charge in [-0.05, 0) is 23.6 Å². The monoisotopic (exact) mass is 249 g/mol. The van der Waals surface area contributed by atoms with E-state index in [0.717, 1.165) is 21.7 Å². The van der Waals surface area contributed by atoms with E-state index in [-0.39, 0.29) is 12.4 Å². The molecule has 0 N–H and O–H groups in total. The van der Waals surface area contributed by atoms with E-state index >= 15 is 0 Å². The van der Waals surface area contributed by atoms with Crippen LogP contribution in [0.3, 0.4) is 0 Å². The van der Waals surface area contributed by atoms with E-state index in [4.69, 9.17) is 0 Å². The first kappa shape index (κ1) is 11.0. The van der Waals surface area contributed by atoms with Crippen molar-refractivity contribution in [2.75, 3.05) is 0 Å². The minimum Gasteiger partial charge on any atom is -0.237 e. The van der Waals surface area contributed by atoms with E-state index in [0.29, 0.717) is 0 Å². The van der Waals surface area contributed by atoms with Crippen molar-refractivity contribution in [3.05, 3.63) is 42.0 Å². The lowest BCUT2D eigenvalue weighted by Crippen LogP contribution is -1.89. The summed E-state index contributed by atoms with van der Waals surface area (Å²) in [6, 6.07) is 7.85. The molecule has 80 valence electrons. The van der Waals surface area contributed by atoms with E-state index < -0.39 is 0 Å². The zero-order valence-corrected chi connectivity index (χ0v) is 9.83. The van der Waals surface area contributed by atoms with Gasteiger partial charge in [0.1, 0.15) is 0 Å². The smallest absolute Gasteiger partial charge is 0.171 e. The number of hydrogen-bond acceptors (Lipinski definition) is 4. The number of fused-ring (bicyclic) bond motifs is 1. The van der Waals surface area contributed by atoms with Gasteiger partial charge in [0.2, 0.25) is 0 Å². The van der Waals surface area contributed by atoms with E-state index in [1.807, 2.05) is 35.8 Å². The third-order valence-electron chi connectivity index (χ3n) is 2.10. The summed E-state index contributed by atoms with van der Waals surface area (Å²) in [6.07, 6.45) is 3.55. The number of hydrogen-bond donors (Lipinski definition) is 0. The second-order valence-electron chi connectivity index (χ2n) is 3.09. The molecule has 0 bridgehead atoms. The van der Waals surface area contributed by atoms with Crippen LogP contribution in [0.1, 0.15) is 0 Å². The van der Waals surface area contributed by atoms with Crippen molar-refractivity contribution in [2.24, 2.45) is 0 Å². The van der Waals surface area contributed by atoms with Crippen molar-refractivity contribution in [3.8, 4) is 10.7 Å². The van der Waals surface area contributed by atoms with Crippen LogP contribution in [0.15, 0.2) is 42.0 Å². The Morgan fingerprint density at radius 2 is 2.00 bits per heavy atom. The van der Waals surface area contributed by atoms with Gasteiger partial charge in [0.25, 0.3) is 0 Å². The lowest BCUT2D eigenvalue weighted by molar-refractivity contribution is 1.20. The summed E-state index contributed by atoms with van der Waals surface area (Å²) in [5.41, 5.74) is 0.746. The van der Waals surface area contributed by atoms with Gasteiger partial charge in [-0.1, -0.05) is 6.07 Å². The van der Waals surface area contributed by atoms with Crippen LogP contribution >= 0.6 is 23.7 Å². The Bertz CT molecular complexity index is 595. The van der Waals surface area contributed by atoms with Gasteiger partial charge in [-0.25, -0.2) is 15.0 Å². The highest BCUT2D eigenvalue weighted by Gasteiger charge is 2.03. The highest BCUT2D eigenvalue weighted by molar-refractivity contribution is 7.13. The normalized spacial score (nSPS) is 10.0. The Balaban J connectivity index is 0.000000963. The quantitative estimate of drug-likeness (QED) is 0.665. The van der Waals surface area contributed by atoms with Crippen LogP contribution in [-0.4, -0.2) is 15.0 Å². The fourth-order valence-electron chi connectivity index (χ4n) is 1.39. The Morgan fingerprint density at radius 3 is 2.81 bits per heavy atom. The van der Waals surface area contributed by atoms with Crippen molar-refractivity contribution in [2.45, 2.75) is 0 Å². The van der Waals surface area contributed by atoms with E-state index in [1.54, 1.807) is 17.5 Å². The maximum atomic E-state index is 4.41. The molecule has 0 aliphatic rings. The van der Waals surface area contributed by atoms with E-state index in [2.05, 4.69) is 15.0 Å². The van der Waals surface area contributed by atoms with Gasteiger partial charge >= 0.3 is 0 Å². The number of rotatable bonds is 1. The summed E-state index contributed by atoms with van der Waals surface area (Å²) < 4.78 is 0. The third-order valence-corrected chi connectivity index (χ3v) is 2.96. The molecule has 0 aromatic carbocycles. The molecule has 0 amide bonds. The molecular formula is C11H8ClN3S. The predicted octanol–water partition coefficient (Wildman–Crippen LogP) is 3.18. The van der Waals surface area contributed by atoms with Crippen LogP contribution in [0, 0.1) is 0 Å². The van der Waals surface area contributed by atoms with Crippen molar-refractivity contribution in [3.63, 3.8) is 0 Å². The Labute approximate surface area is 103 Å². The van der Waals surface area contributed by atoms with E-state index in [1.165, 1.54) is 0 Å². The number of nitrogens with zero attached hydrogens (tertiary/aromatic N) is 3. The van der Waals surface area contributed by atoms with Crippen LogP contribution < -0.4 is 0 Å². The number of aromatic nitrogens is 3. The fraction of sp³-hybridized carbons (Fsp3) is 0. The topological polar surface area (TPSA) is 38.7 Å². The minimum absolute atomic E-state index is 0. The van der Waals surface area contributed by atoms with Gasteiger partial charge in [0, 0.05) is 17.8 Å². The molecule has 0 unspecified atom stereocenters. The molecule has 0 saturated heterocycles. The average Bonchev–Trinajstić information content (AvgIpc) is 2.82. The summed E-state index contributed by atoms with van der Waals surface area (Å²) in [5.74, 6) is 0.746. The lowest BCUT2D eigenvalue weighted by Gasteiger charge is -1.97. The third kappa shape index (κ3) is 1.89. The van der Waals surface area contributed by atoms with Crippen LogP contribution in [0.5, 0.6) is 0 Å². The predicted molar refractivity (Wildman–Crippen MR) is 67.9 cm³/mol. The first-order valence-electron chi connectivity index (χ1n) is 4.55. The highest BCUT2D eigenvalue weighted by Crippen LogP contribution is 2.21. The molecule has 0 radical (unpaired) electrons. The number of thiophene rings is 1. The molecule has 0 fully saturated rings. The molecule has 3 rings (SSSR count). The summed E-state index contributed by atoms with van der Waals surface area (Å²) in [5, 5.41) is 2.99. The zero-order chi connectivity index (χ0) is 10.1. The molecule has 0 aliphatic heterocycles. The second kappa shape index (κ2) is 4.55. The SMILES string of the molecule is Cl.c1csc(-c2ncc3cccnc3n2)c1. The lowest BCUT2D eigenvalue weighted by atomic mass is 10.3. The largest absolute Gasteiger partial charge is 0.237 e. The molecule has 3 aromatic heterocycles. The first-order chi connectivity index (χ1) is 7.43. The average molecular weight is 250 g/mol. The molecule has 0 spiro atoms. The molecule has 0 saturated carbocycles. The van der Waals surface area contributed by atoms with Crippen LogP contribution in [0.2, 0.25) is 0 Å². The minimum atomic E-state index is 0. The van der Waals surface area contributed by atoms with Gasteiger partial charge in [0.15, 0.2) is 11.5 Å². The summed E-state index contributed by atoms with van der Waals surface area (Å²) in [6.45, 7) is 0. The van der Waals surface area contributed by atoms with Crippen LogP contribution in [-0.2, 0) is 0 Å². The van der Waals surface area contributed by atoms with Gasteiger partial charge in [-0.3, -0.25) is 0 Å². The fourth-order valence-corrected chi connectivity index (χ4v) is 2.05. The Kier molecular flexibility index (Phi) is 3.12. The summed E-state index contributed by atoms with van der Waals surface area (Å²) >= 11 is 1.63. The molecule has 3 nitrogen and oxygen atoms in total. The summed E-state index contributed by atoms with van der Waals surface area (Å²) in [4.78, 5) is 14.0. The number of pyridine rings is 1. The van der Waals surface area contributed by atoms with Gasteiger partial charge in [-0.2, -0.15) is 0 Å². The van der Waals surface area contributed by atoms with Gasteiger partial charge < -0.3 is 0 Å². The standard InChI is InChI=1S/C11H7N3S.ClH/c1-3-8-7-13-11(9-4-2-6-15-9)14-10(8)12-5-1;/h1-7H;1H. The van der Waals surface area contributed by atoms with Crippen molar-refractivity contribution in [1.82, 2.24) is 15.0 Å². The Morgan fingerprint density at radius 1 is 1.06 bits per heavy atom. The second-order valence-corrected chi connectivity index (χ2v) is 4.03. The molecule has 0 atom stereocenters. The molecule has 0 aliphatic carbocycles. The zero-order valence-electron chi connectivity index (χ0n) is 8.20.